The third-order valence-corrected chi connectivity index (χ3v) is 5.34. The topological polar surface area (TPSA) is 136 Å². The van der Waals surface area contributed by atoms with Gasteiger partial charge in [0.2, 0.25) is 15.9 Å². The Labute approximate surface area is 173 Å². The van der Waals surface area contributed by atoms with Gasteiger partial charge in [0, 0.05) is 17.5 Å². The monoisotopic (exact) mass is 424 g/mol. The van der Waals surface area contributed by atoms with Crippen LogP contribution in [0.2, 0.25) is 0 Å². The predicted octanol–water partition coefficient (Wildman–Crippen LogP) is 1.74. The Hall–Kier alpha value is -3.50. The summed E-state index contributed by atoms with van der Waals surface area (Å²) in [5.41, 5.74) is 8.90. The molecule has 2 aromatic heterocycles. The number of benzene rings is 2. The van der Waals surface area contributed by atoms with Crippen molar-refractivity contribution in [3.05, 3.63) is 60.3 Å². The molecule has 0 aliphatic heterocycles. The Bertz CT molecular complexity index is 1330. The van der Waals surface area contributed by atoms with Crippen molar-refractivity contribution >= 4 is 26.8 Å². The van der Waals surface area contributed by atoms with E-state index in [1.165, 1.54) is 0 Å². The van der Waals surface area contributed by atoms with Crippen LogP contribution in [-0.4, -0.2) is 46.9 Å². The molecule has 30 heavy (non-hydrogen) atoms. The molecule has 4 aromatic rings. The van der Waals surface area contributed by atoms with Gasteiger partial charge >= 0.3 is 0 Å². The molecule has 10 heteroatoms. The molecule has 0 atom stereocenters. The van der Waals surface area contributed by atoms with E-state index in [4.69, 9.17) is 5.73 Å². The van der Waals surface area contributed by atoms with E-state index >= 15 is 0 Å². The van der Waals surface area contributed by atoms with Crippen LogP contribution in [0.15, 0.2) is 54.7 Å². The van der Waals surface area contributed by atoms with Gasteiger partial charge in [-0.3, -0.25) is 9.48 Å². The Kier molecular flexibility index (Phi) is 5.10. The van der Waals surface area contributed by atoms with Crippen LogP contribution >= 0.6 is 0 Å². The third kappa shape index (κ3) is 4.09. The average Bonchev–Trinajstić information content (AvgIpc) is 3.32. The predicted molar refractivity (Wildman–Crippen MR) is 114 cm³/mol. The van der Waals surface area contributed by atoms with E-state index in [0.717, 1.165) is 23.0 Å². The van der Waals surface area contributed by atoms with Crippen molar-refractivity contribution in [3.63, 3.8) is 0 Å². The summed E-state index contributed by atoms with van der Waals surface area (Å²) in [6.07, 6.45) is 2.82. The Morgan fingerprint density at radius 1 is 1.20 bits per heavy atom. The number of nitrogens with zero attached hydrogens (tertiary/aromatic N) is 3. The molecule has 4 N–H and O–H groups in total. The molecule has 2 aromatic carbocycles. The van der Waals surface area contributed by atoms with Gasteiger partial charge in [-0.25, -0.2) is 18.1 Å². The summed E-state index contributed by atoms with van der Waals surface area (Å²) in [6, 6.07) is 14.8. The number of fused-ring (bicyclic) bond motifs is 1. The number of rotatable bonds is 7. The number of primary amides is 1. The smallest absolute Gasteiger partial charge is 0.248 e. The van der Waals surface area contributed by atoms with Crippen LogP contribution in [0, 0.1) is 0 Å². The molecule has 0 saturated heterocycles. The van der Waals surface area contributed by atoms with Gasteiger partial charge in [-0.2, -0.15) is 5.10 Å². The largest absolute Gasteiger partial charge is 0.366 e. The lowest BCUT2D eigenvalue weighted by Gasteiger charge is -2.04. The van der Waals surface area contributed by atoms with Gasteiger partial charge in [-0.1, -0.05) is 30.3 Å². The van der Waals surface area contributed by atoms with Crippen molar-refractivity contribution in [1.82, 2.24) is 24.5 Å². The first kappa shape index (κ1) is 19.8. The van der Waals surface area contributed by atoms with E-state index in [9.17, 15) is 13.2 Å². The number of carbonyl (C=O) groups is 1. The number of hydrogen-bond donors (Lipinski definition) is 3. The van der Waals surface area contributed by atoms with Crippen molar-refractivity contribution in [2.45, 2.75) is 6.54 Å². The van der Waals surface area contributed by atoms with Crippen molar-refractivity contribution in [2.24, 2.45) is 5.73 Å². The zero-order valence-corrected chi connectivity index (χ0v) is 17.0. The Balaban J connectivity index is 1.77. The molecule has 0 aliphatic carbocycles. The number of imidazole rings is 1. The van der Waals surface area contributed by atoms with Crippen molar-refractivity contribution < 1.29 is 13.2 Å². The molecule has 0 unspecified atom stereocenters. The number of aromatic amines is 1. The number of nitrogens with one attached hydrogen (secondary N) is 2. The van der Waals surface area contributed by atoms with Crippen molar-refractivity contribution in [2.75, 3.05) is 12.8 Å². The molecule has 0 bridgehead atoms. The number of nitrogens with two attached hydrogens (primary N) is 1. The third-order valence-electron chi connectivity index (χ3n) is 4.61. The number of amides is 1. The van der Waals surface area contributed by atoms with E-state index in [1.807, 2.05) is 30.3 Å². The van der Waals surface area contributed by atoms with Crippen LogP contribution in [0.1, 0.15) is 10.4 Å². The zero-order valence-electron chi connectivity index (χ0n) is 16.2. The maximum Gasteiger partial charge on any atom is 0.248 e. The molecule has 0 spiro atoms. The standard InChI is InChI=1S/C20H20N6O3S/c1-30(28,29)23-9-10-26-17-8-7-14(19(21)27)11-15(17)18(25-26)20-22-12-16(24-20)13-5-3-2-4-6-13/h2-8,11-12,23H,9-10H2,1H3,(H2,21,27)(H,22,24). The molecule has 9 nitrogen and oxygen atoms in total. The fraction of sp³-hybridized carbons (Fsp3) is 0.150. The van der Waals surface area contributed by atoms with Gasteiger partial charge < -0.3 is 10.7 Å². The first-order chi connectivity index (χ1) is 14.3. The first-order valence-corrected chi connectivity index (χ1v) is 11.1. The summed E-state index contributed by atoms with van der Waals surface area (Å²) in [5.74, 6) is -0.00550. The summed E-state index contributed by atoms with van der Waals surface area (Å²) in [6.45, 7) is 0.492. The van der Waals surface area contributed by atoms with Crippen LogP contribution in [0.4, 0.5) is 0 Å². The molecular weight excluding hydrogens is 404 g/mol. The molecule has 2 heterocycles. The van der Waals surface area contributed by atoms with E-state index in [0.29, 0.717) is 29.0 Å². The highest BCUT2D eigenvalue weighted by Crippen LogP contribution is 2.29. The van der Waals surface area contributed by atoms with E-state index in [1.54, 1.807) is 29.1 Å². The summed E-state index contributed by atoms with van der Waals surface area (Å²) in [5, 5.41) is 5.32. The maximum absolute atomic E-state index is 11.7. The second-order valence-corrected chi connectivity index (χ2v) is 8.68. The number of hydrogen-bond acceptors (Lipinski definition) is 5. The first-order valence-electron chi connectivity index (χ1n) is 9.17. The number of aromatic nitrogens is 4. The minimum atomic E-state index is -3.31. The summed E-state index contributed by atoms with van der Waals surface area (Å²) in [7, 11) is -3.31. The molecule has 0 aliphatic rings. The van der Waals surface area contributed by atoms with Crippen LogP contribution in [0.5, 0.6) is 0 Å². The van der Waals surface area contributed by atoms with E-state index in [-0.39, 0.29) is 6.54 Å². The van der Waals surface area contributed by atoms with E-state index in [2.05, 4.69) is 19.8 Å². The molecule has 4 rings (SSSR count). The lowest BCUT2D eigenvalue weighted by molar-refractivity contribution is 0.100. The summed E-state index contributed by atoms with van der Waals surface area (Å²) < 4.78 is 26.9. The molecule has 0 radical (unpaired) electrons. The summed E-state index contributed by atoms with van der Waals surface area (Å²) >= 11 is 0. The van der Waals surface area contributed by atoms with Crippen LogP contribution in [0.3, 0.4) is 0 Å². The van der Waals surface area contributed by atoms with Gasteiger partial charge in [0.05, 0.1) is 30.2 Å². The van der Waals surface area contributed by atoms with Crippen molar-refractivity contribution in [1.29, 1.82) is 0 Å². The highest BCUT2D eigenvalue weighted by molar-refractivity contribution is 7.88. The minimum absolute atomic E-state index is 0.181. The second-order valence-electron chi connectivity index (χ2n) is 6.85. The molecular formula is C20H20N6O3S. The Morgan fingerprint density at radius 2 is 1.97 bits per heavy atom. The zero-order chi connectivity index (χ0) is 21.3. The second kappa shape index (κ2) is 7.73. The van der Waals surface area contributed by atoms with E-state index < -0.39 is 15.9 Å². The van der Waals surface area contributed by atoms with Gasteiger partial charge in [0.1, 0.15) is 5.69 Å². The van der Waals surface area contributed by atoms with Crippen molar-refractivity contribution in [3.8, 4) is 22.8 Å². The van der Waals surface area contributed by atoms with Gasteiger partial charge in [0.25, 0.3) is 0 Å². The van der Waals surface area contributed by atoms with Crippen LogP contribution in [-0.2, 0) is 16.6 Å². The maximum atomic E-state index is 11.7. The lowest BCUT2D eigenvalue weighted by atomic mass is 10.1. The normalized spacial score (nSPS) is 11.8. The Morgan fingerprint density at radius 3 is 2.67 bits per heavy atom. The lowest BCUT2D eigenvalue weighted by Crippen LogP contribution is -2.26. The fourth-order valence-electron chi connectivity index (χ4n) is 3.22. The van der Waals surface area contributed by atoms with Crippen LogP contribution < -0.4 is 10.5 Å². The highest BCUT2D eigenvalue weighted by atomic mass is 32.2. The van der Waals surface area contributed by atoms with Gasteiger partial charge in [0.15, 0.2) is 5.82 Å². The summed E-state index contributed by atoms with van der Waals surface area (Å²) in [4.78, 5) is 19.4. The number of H-pyrrole nitrogens is 1. The molecule has 1 amide bonds. The number of sulfonamides is 1. The molecule has 154 valence electrons. The van der Waals surface area contributed by atoms with Crippen LogP contribution in [0.25, 0.3) is 33.7 Å². The van der Waals surface area contributed by atoms with Gasteiger partial charge in [-0.15, -0.1) is 0 Å². The molecule has 0 saturated carbocycles. The SMILES string of the molecule is CS(=O)(=O)NCCn1nc(-c2ncc(-c3ccccc3)[nH]2)c2cc(C(N)=O)ccc21. The average molecular weight is 424 g/mol. The van der Waals surface area contributed by atoms with Gasteiger partial charge in [-0.05, 0) is 23.8 Å². The minimum Gasteiger partial charge on any atom is -0.366 e. The molecule has 0 fully saturated rings. The fourth-order valence-corrected chi connectivity index (χ4v) is 3.68. The number of carbonyl (C=O) groups excluding carboxylic acids is 1. The quantitative estimate of drug-likeness (QED) is 0.415. The highest BCUT2D eigenvalue weighted by Gasteiger charge is 2.17.